The SMILES string of the molecule is CC(=O)c1ccc(S(=O)(=O)N[C@H](C)C(=O)N2C[C@@H](C)O[C@H](C)C2)cc1. The zero-order chi connectivity index (χ0) is 18.8. The average molecular weight is 368 g/mol. The quantitative estimate of drug-likeness (QED) is 0.788. The smallest absolute Gasteiger partial charge is 0.241 e. The molecule has 0 aliphatic carbocycles. The van der Waals surface area contributed by atoms with Crippen LogP contribution in [0.25, 0.3) is 0 Å². The standard InChI is InChI=1S/C17H24N2O5S/c1-11-9-19(10-12(2)24-11)17(21)13(3)18-25(22,23)16-7-5-15(6-8-16)14(4)20/h5-8,11-13,18H,9-10H2,1-4H3/t11-,12-,13-/m1/s1. The number of hydrogen-bond donors (Lipinski definition) is 1. The van der Waals surface area contributed by atoms with Gasteiger partial charge in [0.2, 0.25) is 15.9 Å². The van der Waals surface area contributed by atoms with Gasteiger partial charge in [-0.1, -0.05) is 12.1 Å². The summed E-state index contributed by atoms with van der Waals surface area (Å²) in [6, 6.07) is 4.73. The number of amides is 1. The van der Waals surface area contributed by atoms with Gasteiger partial charge in [0.1, 0.15) is 0 Å². The van der Waals surface area contributed by atoms with E-state index in [1.54, 1.807) is 4.90 Å². The molecule has 0 saturated carbocycles. The zero-order valence-corrected chi connectivity index (χ0v) is 15.7. The van der Waals surface area contributed by atoms with Crippen LogP contribution >= 0.6 is 0 Å². The lowest BCUT2D eigenvalue weighted by atomic mass is 10.2. The van der Waals surface area contributed by atoms with Gasteiger partial charge in [0.05, 0.1) is 23.1 Å². The zero-order valence-electron chi connectivity index (χ0n) is 14.9. The van der Waals surface area contributed by atoms with Crippen molar-refractivity contribution in [3.8, 4) is 0 Å². The first kappa shape index (κ1) is 19.6. The van der Waals surface area contributed by atoms with Crippen molar-refractivity contribution in [2.24, 2.45) is 0 Å². The lowest BCUT2D eigenvalue weighted by molar-refractivity contribution is -0.144. The van der Waals surface area contributed by atoms with Crippen LogP contribution < -0.4 is 4.72 Å². The van der Waals surface area contributed by atoms with Gasteiger partial charge >= 0.3 is 0 Å². The molecule has 1 aliphatic heterocycles. The molecule has 138 valence electrons. The summed E-state index contributed by atoms with van der Waals surface area (Å²) in [5.41, 5.74) is 0.430. The first-order valence-corrected chi connectivity index (χ1v) is 9.66. The second kappa shape index (κ2) is 7.63. The number of sulfonamides is 1. The summed E-state index contributed by atoms with van der Waals surface area (Å²) < 4.78 is 32.9. The first-order chi connectivity index (χ1) is 11.6. The molecule has 0 radical (unpaired) electrons. The van der Waals surface area contributed by atoms with Crippen LogP contribution in [0.2, 0.25) is 0 Å². The molecule has 1 saturated heterocycles. The topological polar surface area (TPSA) is 92.8 Å². The Morgan fingerprint density at radius 2 is 1.68 bits per heavy atom. The number of hydrogen-bond acceptors (Lipinski definition) is 5. The number of Topliss-reactive ketones (excluding diaryl/α,β-unsaturated/α-hetero) is 1. The number of morpholine rings is 1. The van der Waals surface area contributed by atoms with Crippen molar-refractivity contribution in [2.75, 3.05) is 13.1 Å². The summed E-state index contributed by atoms with van der Waals surface area (Å²) in [6.07, 6.45) is -0.175. The Bertz CT molecular complexity index is 735. The minimum Gasteiger partial charge on any atom is -0.372 e. The molecule has 0 bridgehead atoms. The molecular weight excluding hydrogens is 344 g/mol. The van der Waals surface area contributed by atoms with Gasteiger partial charge in [-0.3, -0.25) is 9.59 Å². The van der Waals surface area contributed by atoms with E-state index in [2.05, 4.69) is 4.72 Å². The molecule has 1 heterocycles. The third-order valence-electron chi connectivity index (χ3n) is 4.00. The molecule has 2 rings (SSSR count). The number of nitrogens with zero attached hydrogens (tertiary/aromatic N) is 1. The van der Waals surface area contributed by atoms with Crippen LogP contribution in [0.5, 0.6) is 0 Å². The summed E-state index contributed by atoms with van der Waals surface area (Å²) in [6.45, 7) is 7.55. The number of nitrogens with one attached hydrogen (secondary N) is 1. The Balaban J connectivity index is 2.08. The van der Waals surface area contributed by atoms with E-state index in [0.29, 0.717) is 18.7 Å². The van der Waals surface area contributed by atoms with E-state index in [1.807, 2.05) is 13.8 Å². The molecule has 3 atom stereocenters. The number of carbonyl (C=O) groups excluding carboxylic acids is 2. The second-order valence-corrected chi connectivity index (χ2v) is 8.14. The number of benzene rings is 1. The molecule has 0 unspecified atom stereocenters. The van der Waals surface area contributed by atoms with Crippen LogP contribution in [-0.4, -0.2) is 56.3 Å². The molecule has 1 fully saturated rings. The Hall–Kier alpha value is -1.77. The molecule has 1 N–H and O–H groups in total. The van der Waals surface area contributed by atoms with Crippen molar-refractivity contribution < 1.29 is 22.7 Å². The molecule has 8 heteroatoms. The summed E-state index contributed by atoms with van der Waals surface area (Å²) in [4.78, 5) is 25.4. The minimum atomic E-state index is -3.85. The van der Waals surface area contributed by atoms with Gasteiger partial charge in [0, 0.05) is 18.7 Å². The van der Waals surface area contributed by atoms with Crippen LogP contribution in [0.3, 0.4) is 0 Å². The highest BCUT2D eigenvalue weighted by Crippen LogP contribution is 2.14. The fraction of sp³-hybridized carbons (Fsp3) is 0.529. The Morgan fingerprint density at radius 1 is 1.16 bits per heavy atom. The molecule has 7 nitrogen and oxygen atoms in total. The van der Waals surface area contributed by atoms with Gasteiger partial charge in [-0.2, -0.15) is 4.72 Å². The molecule has 1 aliphatic rings. The fourth-order valence-corrected chi connectivity index (χ4v) is 4.05. The van der Waals surface area contributed by atoms with Crippen molar-refractivity contribution in [1.29, 1.82) is 0 Å². The van der Waals surface area contributed by atoms with Crippen molar-refractivity contribution in [2.45, 2.75) is 50.8 Å². The van der Waals surface area contributed by atoms with E-state index in [4.69, 9.17) is 4.74 Å². The molecule has 0 spiro atoms. The lowest BCUT2D eigenvalue weighted by Gasteiger charge is -2.36. The van der Waals surface area contributed by atoms with E-state index in [1.165, 1.54) is 38.1 Å². The van der Waals surface area contributed by atoms with Crippen LogP contribution in [0, 0.1) is 0 Å². The maximum Gasteiger partial charge on any atom is 0.241 e. The van der Waals surface area contributed by atoms with Gasteiger partial charge in [0.25, 0.3) is 0 Å². The highest BCUT2D eigenvalue weighted by atomic mass is 32.2. The number of rotatable bonds is 5. The summed E-state index contributed by atoms with van der Waals surface area (Å²) in [7, 11) is -3.85. The van der Waals surface area contributed by atoms with E-state index in [0.717, 1.165) is 0 Å². The van der Waals surface area contributed by atoms with Gasteiger partial charge in [-0.25, -0.2) is 8.42 Å². The van der Waals surface area contributed by atoms with E-state index in [9.17, 15) is 18.0 Å². The number of ketones is 1. The second-order valence-electron chi connectivity index (χ2n) is 6.42. The minimum absolute atomic E-state index is 0.0147. The number of ether oxygens (including phenoxy) is 1. The fourth-order valence-electron chi connectivity index (χ4n) is 2.85. The first-order valence-electron chi connectivity index (χ1n) is 8.17. The highest BCUT2D eigenvalue weighted by Gasteiger charge is 2.30. The van der Waals surface area contributed by atoms with Gasteiger partial charge in [0.15, 0.2) is 5.78 Å². The lowest BCUT2D eigenvalue weighted by Crippen LogP contribution is -2.54. The van der Waals surface area contributed by atoms with E-state index < -0.39 is 16.1 Å². The van der Waals surface area contributed by atoms with Crippen LogP contribution in [0.4, 0.5) is 0 Å². The summed E-state index contributed by atoms with van der Waals surface area (Å²) in [5.74, 6) is -0.429. The third kappa shape index (κ3) is 4.87. The van der Waals surface area contributed by atoms with Crippen molar-refractivity contribution in [3.05, 3.63) is 29.8 Å². The maximum absolute atomic E-state index is 12.5. The molecule has 0 aromatic heterocycles. The Labute approximate surface area is 148 Å². The number of carbonyl (C=O) groups is 2. The maximum atomic E-state index is 12.5. The van der Waals surface area contributed by atoms with Crippen LogP contribution in [-0.2, 0) is 19.6 Å². The molecule has 1 aromatic carbocycles. The Morgan fingerprint density at radius 3 is 2.16 bits per heavy atom. The monoisotopic (exact) mass is 368 g/mol. The molecular formula is C17H24N2O5S. The van der Waals surface area contributed by atoms with Crippen LogP contribution in [0.15, 0.2) is 29.2 Å². The molecule has 1 aromatic rings. The largest absolute Gasteiger partial charge is 0.372 e. The van der Waals surface area contributed by atoms with E-state index in [-0.39, 0.29) is 28.8 Å². The average Bonchev–Trinajstić information content (AvgIpc) is 2.52. The predicted octanol–water partition coefficient (Wildman–Crippen LogP) is 1.19. The molecule has 1 amide bonds. The summed E-state index contributed by atoms with van der Waals surface area (Å²) in [5, 5.41) is 0. The van der Waals surface area contributed by atoms with Gasteiger partial charge in [-0.15, -0.1) is 0 Å². The van der Waals surface area contributed by atoms with Crippen molar-refractivity contribution >= 4 is 21.7 Å². The normalized spacial score (nSPS) is 22.5. The third-order valence-corrected chi connectivity index (χ3v) is 5.56. The Kier molecular flexibility index (Phi) is 5.97. The predicted molar refractivity (Wildman–Crippen MR) is 92.8 cm³/mol. The van der Waals surface area contributed by atoms with Gasteiger partial charge in [-0.05, 0) is 39.8 Å². The summed E-state index contributed by atoms with van der Waals surface area (Å²) >= 11 is 0. The van der Waals surface area contributed by atoms with Crippen LogP contribution in [0.1, 0.15) is 38.1 Å². The van der Waals surface area contributed by atoms with E-state index >= 15 is 0 Å². The van der Waals surface area contributed by atoms with Crippen molar-refractivity contribution in [1.82, 2.24) is 9.62 Å². The van der Waals surface area contributed by atoms with Crippen molar-refractivity contribution in [3.63, 3.8) is 0 Å². The highest BCUT2D eigenvalue weighted by molar-refractivity contribution is 7.89. The molecule has 25 heavy (non-hydrogen) atoms. The van der Waals surface area contributed by atoms with Gasteiger partial charge < -0.3 is 9.64 Å².